The number of anilines is 3. The second kappa shape index (κ2) is 17.1. The summed E-state index contributed by atoms with van der Waals surface area (Å²) in [6.07, 6.45) is 3.24. The normalized spacial score (nSPS) is 17.0. The minimum Gasteiger partial charge on any atom is -0.481 e. The highest BCUT2D eigenvalue weighted by Crippen LogP contribution is 2.38. The third kappa shape index (κ3) is 9.25. The molecule has 334 valence electrons. The predicted octanol–water partition coefficient (Wildman–Crippen LogP) is 8.56. The molecule has 0 bridgehead atoms. The summed E-state index contributed by atoms with van der Waals surface area (Å²) in [5, 5.41) is 17.9. The highest BCUT2D eigenvalue weighted by atomic mass is 32.2. The maximum absolute atomic E-state index is 14.4. The number of rotatable bonds is 10. The van der Waals surface area contributed by atoms with E-state index in [4.69, 9.17) is 4.98 Å². The Bertz CT molecular complexity index is 2840. The maximum atomic E-state index is 14.4. The van der Waals surface area contributed by atoms with Crippen LogP contribution in [0, 0.1) is 23.7 Å². The molecule has 1 fully saturated rings. The molecule has 0 aliphatic carbocycles. The Labute approximate surface area is 377 Å². The molecule has 16 heteroatoms. The molecule has 3 N–H and O–H groups in total. The van der Waals surface area contributed by atoms with Crippen molar-refractivity contribution in [3.63, 3.8) is 0 Å². The van der Waals surface area contributed by atoms with Crippen LogP contribution in [0.1, 0.15) is 92.1 Å². The van der Waals surface area contributed by atoms with E-state index in [2.05, 4.69) is 66.6 Å². The van der Waals surface area contributed by atoms with Gasteiger partial charge >= 0.3 is 5.97 Å². The molecule has 2 unspecified atom stereocenters. The van der Waals surface area contributed by atoms with Crippen LogP contribution in [0.3, 0.4) is 0 Å². The van der Waals surface area contributed by atoms with Crippen molar-refractivity contribution in [3.05, 3.63) is 113 Å². The van der Waals surface area contributed by atoms with E-state index in [1.165, 1.54) is 23.5 Å². The second-order valence-electron chi connectivity index (χ2n) is 19.0. The molecular weight excluding hydrogens is 849 g/mol. The maximum Gasteiger partial charge on any atom is 0.306 e. The number of aromatic nitrogens is 4. The first-order valence-electron chi connectivity index (χ1n) is 21.5. The molecule has 2 aliphatic rings. The van der Waals surface area contributed by atoms with Crippen molar-refractivity contribution in [3.8, 4) is 11.1 Å². The highest BCUT2D eigenvalue weighted by Gasteiger charge is 2.39. The minimum absolute atomic E-state index is 0.0842. The number of fused-ring (bicyclic) bond motifs is 2. The SMILES string of the molecule is Cc1c(-c2ccc(N3CCc4cccc(C(=O)Nc5nc6ccccc6s5)c4C3)nc2C(=O)NS(=O)(=O)c2ccc(N3CCC(C(=O)O)CC3C(C)(C)C)cc2)cnn1CC(C)(C)C. The van der Waals surface area contributed by atoms with Gasteiger partial charge in [-0.25, -0.2) is 23.1 Å². The fourth-order valence-corrected chi connectivity index (χ4v) is 10.6. The van der Waals surface area contributed by atoms with E-state index in [1.807, 2.05) is 59.0 Å². The first-order chi connectivity index (χ1) is 30.3. The molecular formula is C48H54N8O6S2. The van der Waals surface area contributed by atoms with Gasteiger partial charge in [-0.3, -0.25) is 24.4 Å². The van der Waals surface area contributed by atoms with Crippen LogP contribution in [0.2, 0.25) is 0 Å². The lowest BCUT2D eigenvalue weighted by atomic mass is 9.76. The van der Waals surface area contributed by atoms with Crippen LogP contribution in [0.15, 0.2) is 90.0 Å². The average molecular weight is 903 g/mol. The standard InChI is InChI=1S/C48H54N8O6S2/c1-29-36(26-49-56(29)28-47(2,3)4)34-19-20-41(54-23-21-30-11-10-12-35(37(30)27-54)43(57)52-46-50-38-13-8-9-14-39(38)63-46)51-42(34)44(58)53-64(61,62)33-17-15-32(16-18-33)55-24-22-31(45(59)60)25-40(55)48(5,6)7/h8-20,26,31,40H,21-25,27-28H2,1-7H3,(H,53,58)(H,59,60)(H,50,52,57). The lowest BCUT2D eigenvalue weighted by Crippen LogP contribution is -2.50. The van der Waals surface area contributed by atoms with Gasteiger partial charge in [-0.1, -0.05) is 77.1 Å². The summed E-state index contributed by atoms with van der Waals surface area (Å²) in [6, 6.07) is 23.2. The van der Waals surface area contributed by atoms with E-state index in [-0.39, 0.29) is 33.4 Å². The second-order valence-corrected chi connectivity index (χ2v) is 21.8. The summed E-state index contributed by atoms with van der Waals surface area (Å²) >= 11 is 1.41. The summed E-state index contributed by atoms with van der Waals surface area (Å²) in [5.74, 6) is -1.99. The lowest BCUT2D eigenvalue weighted by Gasteiger charge is -2.46. The molecule has 5 heterocycles. The number of benzene rings is 3. The van der Waals surface area contributed by atoms with Crippen molar-refractivity contribution in [1.82, 2.24) is 24.5 Å². The van der Waals surface area contributed by atoms with Crippen molar-refractivity contribution in [2.24, 2.45) is 16.7 Å². The third-order valence-corrected chi connectivity index (χ3v) is 14.4. The van der Waals surface area contributed by atoms with Crippen LogP contribution in [-0.4, -0.2) is 70.2 Å². The molecule has 14 nitrogen and oxygen atoms in total. The minimum atomic E-state index is -4.39. The molecule has 6 aromatic rings. The van der Waals surface area contributed by atoms with Gasteiger partial charge in [-0.15, -0.1) is 0 Å². The monoisotopic (exact) mass is 902 g/mol. The van der Waals surface area contributed by atoms with Crippen molar-refractivity contribution < 1.29 is 27.9 Å². The number of carboxylic acids is 1. The molecule has 2 atom stereocenters. The van der Waals surface area contributed by atoms with E-state index < -0.39 is 27.8 Å². The van der Waals surface area contributed by atoms with Crippen molar-refractivity contribution >= 4 is 66.0 Å². The largest absolute Gasteiger partial charge is 0.481 e. The highest BCUT2D eigenvalue weighted by molar-refractivity contribution is 7.90. The molecule has 0 saturated carbocycles. The Morgan fingerprint density at radius 2 is 1.62 bits per heavy atom. The molecule has 8 rings (SSSR count). The Kier molecular flexibility index (Phi) is 11.9. The summed E-state index contributed by atoms with van der Waals surface area (Å²) in [4.78, 5) is 53.6. The summed E-state index contributed by atoms with van der Waals surface area (Å²) in [7, 11) is -4.39. The Hall–Kier alpha value is -6.13. The van der Waals surface area contributed by atoms with E-state index in [0.29, 0.717) is 73.1 Å². The fourth-order valence-electron chi connectivity index (χ4n) is 8.78. The van der Waals surface area contributed by atoms with Crippen LogP contribution in [0.25, 0.3) is 21.3 Å². The van der Waals surface area contributed by atoms with Crippen molar-refractivity contribution in [2.75, 3.05) is 28.2 Å². The van der Waals surface area contributed by atoms with Gasteiger partial charge in [-0.05, 0) is 103 Å². The number of nitrogens with zero attached hydrogens (tertiary/aromatic N) is 6. The average Bonchev–Trinajstić information content (AvgIpc) is 3.83. The van der Waals surface area contributed by atoms with Gasteiger partial charge in [0.25, 0.3) is 21.8 Å². The van der Waals surface area contributed by atoms with Gasteiger partial charge in [-0.2, -0.15) is 5.10 Å². The number of hydrogen-bond acceptors (Lipinski definition) is 11. The van der Waals surface area contributed by atoms with Gasteiger partial charge in [0, 0.05) is 60.3 Å². The number of carboxylic acid groups (broad SMARTS) is 1. The van der Waals surface area contributed by atoms with Gasteiger partial charge in [0.1, 0.15) is 11.5 Å². The van der Waals surface area contributed by atoms with E-state index in [9.17, 15) is 27.9 Å². The number of thiazole rings is 1. The molecule has 0 radical (unpaired) electrons. The Balaban J connectivity index is 1.09. The van der Waals surface area contributed by atoms with Gasteiger partial charge in [0.2, 0.25) is 0 Å². The van der Waals surface area contributed by atoms with E-state index in [0.717, 1.165) is 32.7 Å². The lowest BCUT2D eigenvalue weighted by molar-refractivity contribution is -0.143. The first kappa shape index (κ1) is 44.5. The number of nitrogens with one attached hydrogen (secondary N) is 2. The third-order valence-electron chi connectivity index (χ3n) is 12.1. The topological polar surface area (TPSA) is 180 Å². The van der Waals surface area contributed by atoms with Crippen molar-refractivity contribution in [2.45, 2.75) is 91.8 Å². The number of sulfonamides is 1. The summed E-state index contributed by atoms with van der Waals surface area (Å²) in [5.41, 5.74) is 5.41. The Morgan fingerprint density at radius 1 is 0.875 bits per heavy atom. The van der Waals surface area contributed by atoms with E-state index >= 15 is 0 Å². The van der Waals surface area contributed by atoms with E-state index in [1.54, 1.807) is 30.5 Å². The van der Waals surface area contributed by atoms with Crippen LogP contribution in [0.4, 0.5) is 16.6 Å². The fraction of sp³-hybridized carbons (Fsp3) is 0.375. The molecule has 3 aromatic carbocycles. The zero-order chi connectivity index (χ0) is 45.7. The zero-order valence-electron chi connectivity index (χ0n) is 37.2. The van der Waals surface area contributed by atoms with Crippen LogP contribution >= 0.6 is 11.3 Å². The summed E-state index contributed by atoms with van der Waals surface area (Å²) in [6.45, 7) is 16.5. The van der Waals surface area contributed by atoms with Gasteiger partial charge in [0.15, 0.2) is 5.13 Å². The molecule has 1 saturated heterocycles. The Morgan fingerprint density at radius 3 is 2.33 bits per heavy atom. The number of piperidine rings is 1. The molecule has 2 amide bonds. The number of carbonyl (C=O) groups excluding carboxylic acids is 2. The van der Waals surface area contributed by atoms with Crippen LogP contribution in [0.5, 0.6) is 0 Å². The van der Waals surface area contributed by atoms with Crippen molar-refractivity contribution in [1.29, 1.82) is 0 Å². The number of aliphatic carboxylic acids is 1. The molecule has 64 heavy (non-hydrogen) atoms. The molecule has 0 spiro atoms. The number of carbonyl (C=O) groups is 3. The summed E-state index contributed by atoms with van der Waals surface area (Å²) < 4.78 is 33.2. The number of para-hydroxylation sites is 1. The zero-order valence-corrected chi connectivity index (χ0v) is 38.8. The number of hydrogen-bond donors (Lipinski definition) is 3. The molecule has 3 aromatic heterocycles. The van der Waals surface area contributed by atoms with Crippen LogP contribution < -0.4 is 19.8 Å². The smallest absolute Gasteiger partial charge is 0.306 e. The predicted molar refractivity (Wildman–Crippen MR) is 250 cm³/mol. The van der Waals surface area contributed by atoms with Crippen LogP contribution in [-0.2, 0) is 34.3 Å². The van der Waals surface area contributed by atoms with Gasteiger partial charge in [0.05, 0.1) is 27.2 Å². The number of pyridine rings is 1. The number of amides is 2. The quantitative estimate of drug-likeness (QED) is 0.120. The molecule has 2 aliphatic heterocycles. The van der Waals surface area contributed by atoms with Gasteiger partial charge < -0.3 is 14.9 Å². The first-order valence-corrected chi connectivity index (χ1v) is 23.8.